The number of anilines is 1. The summed E-state index contributed by atoms with van der Waals surface area (Å²) in [6, 6.07) is 6.05. The fraction of sp³-hybridized carbons (Fsp3) is 0.562. The monoisotopic (exact) mass is 271 g/mol. The molecule has 1 aromatic heterocycles. The Hall–Kier alpha value is -1.71. The standard InChI is InChI=1S/C16H21N3O/c1-20-14-4-2-3-13-15(14)18-16(17)19(13)9-12-8-10-5-6-11(12)7-10/h2-4,10-12H,5-9H2,1H3,(H2,17,18). The number of nitrogens with zero attached hydrogens (tertiary/aromatic N) is 2. The van der Waals surface area contributed by atoms with Gasteiger partial charge in [-0.2, -0.15) is 0 Å². The van der Waals surface area contributed by atoms with E-state index in [2.05, 4.69) is 15.6 Å². The molecule has 2 N–H and O–H groups in total. The summed E-state index contributed by atoms with van der Waals surface area (Å²) in [5, 5.41) is 0. The molecule has 2 aliphatic rings. The number of benzene rings is 1. The van der Waals surface area contributed by atoms with Gasteiger partial charge in [0, 0.05) is 6.54 Å². The summed E-state index contributed by atoms with van der Waals surface area (Å²) in [4.78, 5) is 4.50. The lowest BCUT2D eigenvalue weighted by molar-refractivity contribution is 0.300. The summed E-state index contributed by atoms with van der Waals surface area (Å²) in [7, 11) is 1.68. The van der Waals surface area contributed by atoms with Gasteiger partial charge in [-0.3, -0.25) is 0 Å². The third kappa shape index (κ3) is 1.70. The maximum atomic E-state index is 6.15. The highest BCUT2D eigenvalue weighted by Gasteiger charge is 2.39. The fourth-order valence-electron chi connectivity index (χ4n) is 4.33. The van der Waals surface area contributed by atoms with E-state index in [0.29, 0.717) is 5.95 Å². The van der Waals surface area contributed by atoms with Crippen LogP contribution in [0.3, 0.4) is 0 Å². The van der Waals surface area contributed by atoms with Crippen LogP contribution in [-0.2, 0) is 6.54 Å². The highest BCUT2D eigenvalue weighted by Crippen LogP contribution is 2.49. The number of nitrogens with two attached hydrogens (primary N) is 1. The molecule has 1 aromatic carbocycles. The Balaban J connectivity index is 1.71. The van der Waals surface area contributed by atoms with Crippen molar-refractivity contribution in [2.45, 2.75) is 32.2 Å². The van der Waals surface area contributed by atoms with E-state index in [-0.39, 0.29) is 0 Å². The number of methoxy groups -OCH3 is 1. The zero-order chi connectivity index (χ0) is 13.7. The first-order valence-electron chi connectivity index (χ1n) is 7.55. The number of hydrogen-bond donors (Lipinski definition) is 1. The second-order valence-electron chi connectivity index (χ2n) is 6.34. The summed E-state index contributed by atoms with van der Waals surface area (Å²) in [6.45, 7) is 1.01. The molecule has 106 valence electrons. The Kier molecular flexibility index (Phi) is 2.65. The van der Waals surface area contributed by atoms with E-state index in [1.54, 1.807) is 7.11 Å². The summed E-state index contributed by atoms with van der Waals surface area (Å²) in [5.41, 5.74) is 8.14. The number of nitrogen functional groups attached to an aromatic ring is 1. The van der Waals surface area contributed by atoms with Crippen molar-refractivity contribution in [3.8, 4) is 5.75 Å². The number of imidazole rings is 1. The molecule has 2 saturated carbocycles. The fourth-order valence-corrected chi connectivity index (χ4v) is 4.33. The molecule has 1 heterocycles. The Morgan fingerprint density at radius 3 is 2.95 bits per heavy atom. The van der Waals surface area contributed by atoms with Gasteiger partial charge in [0.2, 0.25) is 5.95 Å². The van der Waals surface area contributed by atoms with Gasteiger partial charge in [-0.25, -0.2) is 4.98 Å². The largest absolute Gasteiger partial charge is 0.494 e. The smallest absolute Gasteiger partial charge is 0.201 e. The topological polar surface area (TPSA) is 53.1 Å². The molecule has 20 heavy (non-hydrogen) atoms. The molecule has 0 radical (unpaired) electrons. The van der Waals surface area contributed by atoms with Gasteiger partial charge in [0.25, 0.3) is 0 Å². The van der Waals surface area contributed by atoms with Crippen molar-refractivity contribution < 1.29 is 4.74 Å². The van der Waals surface area contributed by atoms with E-state index in [9.17, 15) is 0 Å². The first-order valence-corrected chi connectivity index (χ1v) is 7.55. The van der Waals surface area contributed by atoms with Crippen LogP contribution in [-0.4, -0.2) is 16.7 Å². The summed E-state index contributed by atoms with van der Waals surface area (Å²) in [5.74, 6) is 4.07. The first-order chi connectivity index (χ1) is 9.76. The lowest BCUT2D eigenvalue weighted by Gasteiger charge is -2.22. The van der Waals surface area contributed by atoms with Gasteiger partial charge in [-0.1, -0.05) is 12.5 Å². The third-order valence-electron chi connectivity index (χ3n) is 5.29. The molecular weight excluding hydrogens is 250 g/mol. The molecule has 4 nitrogen and oxygen atoms in total. The summed E-state index contributed by atoms with van der Waals surface area (Å²) < 4.78 is 7.57. The second kappa shape index (κ2) is 4.40. The lowest BCUT2D eigenvalue weighted by atomic mass is 9.89. The molecule has 4 heteroatoms. The summed E-state index contributed by atoms with van der Waals surface area (Å²) in [6.07, 6.45) is 5.65. The van der Waals surface area contributed by atoms with Crippen LogP contribution in [0.2, 0.25) is 0 Å². The zero-order valence-corrected chi connectivity index (χ0v) is 11.9. The van der Waals surface area contributed by atoms with Gasteiger partial charge in [0.15, 0.2) is 0 Å². The molecule has 0 aliphatic heterocycles. The average molecular weight is 271 g/mol. The van der Waals surface area contributed by atoms with E-state index in [1.807, 2.05) is 12.1 Å². The second-order valence-corrected chi connectivity index (χ2v) is 6.34. The van der Waals surface area contributed by atoms with Crippen molar-refractivity contribution >= 4 is 17.0 Å². The molecule has 0 amide bonds. The number of ether oxygens (including phenoxy) is 1. The van der Waals surface area contributed by atoms with Gasteiger partial charge in [0.1, 0.15) is 11.3 Å². The Labute approximate surface area is 118 Å². The molecular formula is C16H21N3O. The first kappa shape index (κ1) is 12.1. The predicted molar refractivity (Wildman–Crippen MR) is 79.6 cm³/mol. The maximum Gasteiger partial charge on any atom is 0.201 e. The molecule has 2 fully saturated rings. The SMILES string of the molecule is COc1cccc2c1nc(N)n2CC1CC2CCC1C2. The molecule has 3 unspecified atom stereocenters. The van der Waals surface area contributed by atoms with Crippen LogP contribution in [0.5, 0.6) is 5.75 Å². The molecule has 3 atom stereocenters. The van der Waals surface area contributed by atoms with Gasteiger partial charge in [0.05, 0.1) is 12.6 Å². The Morgan fingerprint density at radius 2 is 2.25 bits per heavy atom. The maximum absolute atomic E-state index is 6.15. The van der Waals surface area contributed by atoms with Crippen molar-refractivity contribution in [3.05, 3.63) is 18.2 Å². The average Bonchev–Trinajstić information content (AvgIpc) is 3.14. The van der Waals surface area contributed by atoms with Crippen molar-refractivity contribution in [3.63, 3.8) is 0 Å². The molecule has 0 spiro atoms. The number of hydrogen-bond acceptors (Lipinski definition) is 3. The van der Waals surface area contributed by atoms with E-state index in [0.717, 1.165) is 41.1 Å². The Bertz CT molecular complexity index is 648. The van der Waals surface area contributed by atoms with Crippen LogP contribution >= 0.6 is 0 Å². The van der Waals surface area contributed by atoms with Crippen molar-refractivity contribution in [2.24, 2.45) is 17.8 Å². The van der Waals surface area contributed by atoms with Crippen LogP contribution in [0.4, 0.5) is 5.95 Å². The Morgan fingerprint density at radius 1 is 1.35 bits per heavy atom. The molecule has 0 saturated heterocycles. The van der Waals surface area contributed by atoms with E-state index in [1.165, 1.54) is 25.7 Å². The number of rotatable bonds is 3. The van der Waals surface area contributed by atoms with Gasteiger partial charge < -0.3 is 15.0 Å². The molecule has 2 bridgehead atoms. The minimum atomic E-state index is 0.618. The van der Waals surface area contributed by atoms with Crippen LogP contribution in [0.1, 0.15) is 25.7 Å². The van der Waals surface area contributed by atoms with Crippen molar-refractivity contribution in [1.29, 1.82) is 0 Å². The number of para-hydroxylation sites is 1. The predicted octanol–water partition coefficient (Wildman–Crippen LogP) is 3.06. The lowest BCUT2D eigenvalue weighted by Crippen LogP contribution is -2.18. The highest BCUT2D eigenvalue weighted by molar-refractivity contribution is 5.84. The van der Waals surface area contributed by atoms with E-state index >= 15 is 0 Å². The van der Waals surface area contributed by atoms with Crippen LogP contribution in [0.25, 0.3) is 11.0 Å². The minimum absolute atomic E-state index is 0.618. The van der Waals surface area contributed by atoms with E-state index in [4.69, 9.17) is 10.5 Å². The normalized spacial score (nSPS) is 28.4. The minimum Gasteiger partial charge on any atom is -0.494 e. The van der Waals surface area contributed by atoms with Crippen molar-refractivity contribution in [1.82, 2.24) is 9.55 Å². The van der Waals surface area contributed by atoms with Crippen molar-refractivity contribution in [2.75, 3.05) is 12.8 Å². The van der Waals surface area contributed by atoms with Crippen LogP contribution in [0.15, 0.2) is 18.2 Å². The number of fused-ring (bicyclic) bond motifs is 3. The van der Waals surface area contributed by atoms with Gasteiger partial charge in [-0.15, -0.1) is 0 Å². The molecule has 4 rings (SSSR count). The molecule has 2 aliphatic carbocycles. The quantitative estimate of drug-likeness (QED) is 0.933. The number of aromatic nitrogens is 2. The molecule has 2 aromatic rings. The highest BCUT2D eigenvalue weighted by atomic mass is 16.5. The van der Waals surface area contributed by atoms with Crippen LogP contribution in [0, 0.1) is 17.8 Å². The van der Waals surface area contributed by atoms with E-state index < -0.39 is 0 Å². The van der Waals surface area contributed by atoms with Crippen LogP contribution < -0.4 is 10.5 Å². The zero-order valence-electron chi connectivity index (χ0n) is 11.9. The van der Waals surface area contributed by atoms with Gasteiger partial charge in [-0.05, 0) is 49.1 Å². The summed E-state index contributed by atoms with van der Waals surface area (Å²) >= 11 is 0. The third-order valence-corrected chi connectivity index (χ3v) is 5.29. The van der Waals surface area contributed by atoms with Gasteiger partial charge >= 0.3 is 0 Å².